The minimum Gasteiger partial charge on any atom is -0.481 e. The summed E-state index contributed by atoms with van der Waals surface area (Å²) in [6.45, 7) is 4.68. The molecule has 1 aromatic heterocycles. The number of nitrogens with zero attached hydrogens (tertiary/aromatic N) is 2. The molecular formula is C29H43N3O5. The molecule has 0 bridgehead atoms. The van der Waals surface area contributed by atoms with Crippen LogP contribution in [0.4, 0.5) is 0 Å². The Balaban J connectivity index is 1.57. The number of piperidine rings is 1. The summed E-state index contributed by atoms with van der Waals surface area (Å²) in [5, 5.41) is 12.1. The summed E-state index contributed by atoms with van der Waals surface area (Å²) in [5.41, 5.74) is 0.870. The minimum atomic E-state index is -1.21. The van der Waals surface area contributed by atoms with E-state index in [1.54, 1.807) is 24.8 Å². The van der Waals surface area contributed by atoms with E-state index in [4.69, 9.17) is 0 Å². The van der Waals surface area contributed by atoms with Gasteiger partial charge >= 0.3 is 5.97 Å². The summed E-state index contributed by atoms with van der Waals surface area (Å²) in [4.78, 5) is 53.5. The molecule has 0 spiro atoms. The van der Waals surface area contributed by atoms with E-state index in [0.29, 0.717) is 38.4 Å². The smallest absolute Gasteiger partial charge is 0.306 e. The largest absolute Gasteiger partial charge is 0.481 e. The van der Waals surface area contributed by atoms with Crippen LogP contribution in [-0.4, -0.2) is 51.0 Å². The van der Waals surface area contributed by atoms with Crippen LogP contribution in [0.2, 0.25) is 0 Å². The first-order valence-electron chi connectivity index (χ1n) is 14.3. The van der Waals surface area contributed by atoms with Crippen LogP contribution in [0.25, 0.3) is 0 Å². The molecule has 2 fully saturated rings. The number of likely N-dealkylation sites (tertiary alicyclic amines) is 1. The first-order valence-corrected chi connectivity index (χ1v) is 14.3. The van der Waals surface area contributed by atoms with Gasteiger partial charge in [-0.3, -0.25) is 19.2 Å². The molecular weight excluding hydrogens is 470 g/mol. The molecule has 2 amide bonds. The molecule has 4 rings (SSSR count). The van der Waals surface area contributed by atoms with Crippen molar-refractivity contribution in [3.05, 3.63) is 33.2 Å². The Hall–Kier alpha value is -2.64. The Morgan fingerprint density at radius 1 is 0.946 bits per heavy atom. The molecule has 2 N–H and O–H groups in total. The number of hydrogen-bond donors (Lipinski definition) is 2. The zero-order chi connectivity index (χ0) is 26.6. The van der Waals surface area contributed by atoms with Crippen LogP contribution >= 0.6 is 0 Å². The molecule has 204 valence electrons. The summed E-state index contributed by atoms with van der Waals surface area (Å²) in [5.74, 6) is -1.56. The van der Waals surface area contributed by atoms with Crippen molar-refractivity contribution in [2.75, 3.05) is 13.1 Å². The zero-order valence-corrected chi connectivity index (χ0v) is 22.5. The molecule has 8 heteroatoms. The van der Waals surface area contributed by atoms with E-state index in [-0.39, 0.29) is 17.0 Å². The van der Waals surface area contributed by atoms with Crippen molar-refractivity contribution in [1.29, 1.82) is 0 Å². The lowest BCUT2D eigenvalue weighted by Crippen LogP contribution is -2.58. The van der Waals surface area contributed by atoms with Crippen LogP contribution < -0.4 is 10.9 Å². The number of nitrogens with one attached hydrogen (secondary N) is 1. The Morgan fingerprint density at radius 3 is 2.22 bits per heavy atom. The number of carboxylic acid groups (broad SMARTS) is 1. The van der Waals surface area contributed by atoms with Gasteiger partial charge in [-0.05, 0) is 82.8 Å². The van der Waals surface area contributed by atoms with Crippen molar-refractivity contribution in [1.82, 2.24) is 14.8 Å². The monoisotopic (exact) mass is 513 g/mol. The summed E-state index contributed by atoms with van der Waals surface area (Å²) < 4.78 is 1.90. The molecule has 0 atom stereocenters. The van der Waals surface area contributed by atoms with Crippen molar-refractivity contribution >= 4 is 17.8 Å². The molecule has 1 aliphatic heterocycles. The van der Waals surface area contributed by atoms with Crippen LogP contribution in [0.5, 0.6) is 0 Å². The molecule has 0 radical (unpaired) electrons. The summed E-state index contributed by atoms with van der Waals surface area (Å²) in [6, 6.07) is 1.79. The third kappa shape index (κ3) is 6.44. The van der Waals surface area contributed by atoms with Crippen LogP contribution in [-0.2, 0) is 29.0 Å². The predicted octanol–water partition coefficient (Wildman–Crippen LogP) is 3.92. The molecule has 2 aliphatic carbocycles. The van der Waals surface area contributed by atoms with Crippen molar-refractivity contribution in [2.45, 2.75) is 109 Å². The predicted molar refractivity (Wildman–Crippen MR) is 142 cm³/mol. The number of pyridine rings is 1. The van der Waals surface area contributed by atoms with Gasteiger partial charge in [-0.1, -0.05) is 32.1 Å². The molecule has 3 aliphatic rings. The first-order chi connectivity index (χ1) is 17.7. The van der Waals surface area contributed by atoms with Crippen molar-refractivity contribution < 1.29 is 19.5 Å². The Labute approximate surface area is 219 Å². The zero-order valence-electron chi connectivity index (χ0n) is 22.5. The lowest BCUT2D eigenvalue weighted by atomic mass is 9.88. The second-order valence-electron chi connectivity index (χ2n) is 11.8. The van der Waals surface area contributed by atoms with Gasteiger partial charge in [0.25, 0.3) is 11.5 Å². The van der Waals surface area contributed by atoms with E-state index in [9.17, 15) is 24.3 Å². The average Bonchev–Trinajstić information content (AvgIpc) is 2.86. The number of amides is 2. The van der Waals surface area contributed by atoms with Gasteiger partial charge < -0.3 is 19.9 Å². The highest BCUT2D eigenvalue weighted by atomic mass is 16.4. The van der Waals surface area contributed by atoms with Gasteiger partial charge in [0.05, 0.1) is 5.92 Å². The van der Waals surface area contributed by atoms with Gasteiger partial charge in [0.2, 0.25) is 5.91 Å². The highest BCUT2D eigenvalue weighted by Crippen LogP contribution is 2.27. The fourth-order valence-corrected chi connectivity index (χ4v) is 6.35. The van der Waals surface area contributed by atoms with E-state index in [1.807, 2.05) is 4.57 Å². The molecule has 2 heterocycles. The lowest BCUT2D eigenvalue weighted by Gasteiger charge is -2.36. The summed E-state index contributed by atoms with van der Waals surface area (Å²) >= 11 is 0. The van der Waals surface area contributed by atoms with Crippen LogP contribution in [0.3, 0.4) is 0 Å². The van der Waals surface area contributed by atoms with Crippen molar-refractivity contribution in [3.63, 3.8) is 0 Å². The molecule has 0 aromatic carbocycles. The molecule has 0 unspecified atom stereocenters. The quantitative estimate of drug-likeness (QED) is 0.599. The SMILES string of the molecule is CC(C)(NC(=O)c1cc2c(n(CC3CCCCC3)c1=O)CCCCCC2)C(=O)N1CCC(C(=O)O)CC1. The molecule has 1 saturated heterocycles. The normalized spacial score (nSPS) is 20.0. The Kier molecular flexibility index (Phi) is 8.75. The molecule has 8 nitrogen and oxygen atoms in total. The van der Waals surface area contributed by atoms with Crippen LogP contribution in [0, 0.1) is 11.8 Å². The van der Waals surface area contributed by atoms with Crippen LogP contribution in [0.15, 0.2) is 10.9 Å². The van der Waals surface area contributed by atoms with Gasteiger partial charge in [-0.2, -0.15) is 0 Å². The highest BCUT2D eigenvalue weighted by Gasteiger charge is 2.37. The van der Waals surface area contributed by atoms with E-state index in [1.165, 1.54) is 25.7 Å². The minimum absolute atomic E-state index is 0.126. The van der Waals surface area contributed by atoms with Gasteiger partial charge in [0.15, 0.2) is 0 Å². The fraction of sp³-hybridized carbons (Fsp3) is 0.724. The number of fused-ring (bicyclic) bond motifs is 1. The molecule has 37 heavy (non-hydrogen) atoms. The molecule has 1 aromatic rings. The maximum Gasteiger partial charge on any atom is 0.306 e. The maximum atomic E-state index is 13.8. The second-order valence-corrected chi connectivity index (χ2v) is 11.8. The van der Waals surface area contributed by atoms with E-state index in [2.05, 4.69) is 5.32 Å². The number of hydrogen-bond acceptors (Lipinski definition) is 4. The standard InChI is InChI=1S/C29H43N3O5/c1-29(2,28(37)31-16-14-21(15-17-31)27(35)36)30-25(33)23-18-22-12-8-3-4-9-13-24(22)32(26(23)34)19-20-10-6-5-7-11-20/h18,20-21H,3-17,19H2,1-2H3,(H,30,33)(H,35,36). The lowest BCUT2D eigenvalue weighted by molar-refractivity contribution is -0.147. The van der Waals surface area contributed by atoms with Crippen molar-refractivity contribution in [2.24, 2.45) is 11.8 Å². The third-order valence-corrected chi connectivity index (χ3v) is 8.60. The summed E-state index contributed by atoms with van der Waals surface area (Å²) in [6.07, 6.45) is 12.9. The summed E-state index contributed by atoms with van der Waals surface area (Å²) in [7, 11) is 0. The number of rotatable bonds is 6. The fourth-order valence-electron chi connectivity index (χ4n) is 6.35. The average molecular weight is 514 g/mol. The van der Waals surface area contributed by atoms with Gasteiger partial charge in [0, 0.05) is 25.3 Å². The Morgan fingerprint density at radius 2 is 1.57 bits per heavy atom. The number of aliphatic carboxylic acids is 1. The number of aryl methyl sites for hydroxylation is 1. The topological polar surface area (TPSA) is 109 Å². The third-order valence-electron chi connectivity index (χ3n) is 8.60. The van der Waals surface area contributed by atoms with Gasteiger partial charge in [-0.25, -0.2) is 0 Å². The van der Waals surface area contributed by atoms with Crippen molar-refractivity contribution in [3.8, 4) is 0 Å². The van der Waals surface area contributed by atoms with Gasteiger partial charge in [-0.15, -0.1) is 0 Å². The van der Waals surface area contributed by atoms with E-state index >= 15 is 0 Å². The maximum absolute atomic E-state index is 13.8. The first kappa shape index (κ1) is 27.4. The number of carbonyl (C=O) groups is 3. The molecule has 1 saturated carbocycles. The number of carbonyl (C=O) groups excluding carboxylic acids is 2. The Bertz CT molecular complexity index is 1060. The van der Waals surface area contributed by atoms with E-state index in [0.717, 1.165) is 56.2 Å². The van der Waals surface area contributed by atoms with Crippen LogP contribution in [0.1, 0.15) is 106 Å². The van der Waals surface area contributed by atoms with Gasteiger partial charge in [0.1, 0.15) is 11.1 Å². The highest BCUT2D eigenvalue weighted by molar-refractivity contribution is 5.99. The number of carboxylic acids is 1. The number of aromatic nitrogens is 1. The van der Waals surface area contributed by atoms with E-state index < -0.39 is 23.3 Å². The second kappa shape index (κ2) is 11.8.